The summed E-state index contributed by atoms with van der Waals surface area (Å²) < 4.78 is 5.63. The molecule has 2 heterocycles. The highest BCUT2D eigenvalue weighted by molar-refractivity contribution is 5.74. The van der Waals surface area contributed by atoms with Crippen molar-refractivity contribution < 1.29 is 9.53 Å². The van der Waals surface area contributed by atoms with Crippen molar-refractivity contribution >= 4 is 11.7 Å². The molecule has 25 heavy (non-hydrogen) atoms. The normalized spacial score (nSPS) is 20.8. The standard InChI is InChI=1S/C20H31N3O2/c1-17-7-2-3-10-19(17)22-12-14-23(15-13-22)20(24)21-11-5-4-8-18-9-6-16-25-18/h2-3,7,10,18H,4-6,8-9,11-16H2,1H3,(H,21,24). The molecule has 1 aromatic rings. The molecule has 0 bridgehead atoms. The van der Waals surface area contributed by atoms with Gasteiger partial charge in [-0.1, -0.05) is 18.2 Å². The van der Waals surface area contributed by atoms with Gasteiger partial charge in [-0.05, 0) is 50.7 Å². The third-order valence-corrected chi connectivity index (χ3v) is 5.28. The molecule has 1 aromatic carbocycles. The van der Waals surface area contributed by atoms with Crippen LogP contribution in [0.25, 0.3) is 0 Å². The van der Waals surface area contributed by atoms with Crippen molar-refractivity contribution in [3.8, 4) is 0 Å². The first-order chi connectivity index (χ1) is 12.2. The van der Waals surface area contributed by atoms with Gasteiger partial charge in [0, 0.05) is 45.0 Å². The maximum Gasteiger partial charge on any atom is 0.317 e. The minimum absolute atomic E-state index is 0.0848. The molecule has 5 heteroatoms. The SMILES string of the molecule is Cc1ccccc1N1CCN(C(=O)NCCCCC2CCCO2)CC1. The molecule has 0 aromatic heterocycles. The van der Waals surface area contributed by atoms with Crippen LogP contribution in [0.15, 0.2) is 24.3 Å². The number of carbonyl (C=O) groups excluding carboxylic acids is 1. The van der Waals surface area contributed by atoms with E-state index in [0.717, 1.165) is 58.6 Å². The highest BCUT2D eigenvalue weighted by Gasteiger charge is 2.21. The summed E-state index contributed by atoms with van der Waals surface area (Å²) in [7, 11) is 0. The number of urea groups is 1. The summed E-state index contributed by atoms with van der Waals surface area (Å²) in [5.41, 5.74) is 2.59. The van der Waals surface area contributed by atoms with Gasteiger partial charge in [0.15, 0.2) is 0 Å². The van der Waals surface area contributed by atoms with E-state index in [0.29, 0.717) is 6.10 Å². The number of para-hydroxylation sites is 1. The molecule has 0 spiro atoms. The van der Waals surface area contributed by atoms with Crippen LogP contribution >= 0.6 is 0 Å². The van der Waals surface area contributed by atoms with Gasteiger partial charge in [0.05, 0.1) is 6.10 Å². The van der Waals surface area contributed by atoms with Crippen LogP contribution in [-0.4, -0.2) is 56.4 Å². The van der Waals surface area contributed by atoms with Crippen molar-refractivity contribution in [3.63, 3.8) is 0 Å². The predicted octanol–water partition coefficient (Wildman–Crippen LogP) is 3.18. The number of hydrogen-bond acceptors (Lipinski definition) is 3. The lowest BCUT2D eigenvalue weighted by Gasteiger charge is -2.36. The van der Waals surface area contributed by atoms with Gasteiger partial charge >= 0.3 is 6.03 Å². The summed E-state index contributed by atoms with van der Waals surface area (Å²) in [4.78, 5) is 16.6. The van der Waals surface area contributed by atoms with Crippen LogP contribution in [0.1, 0.15) is 37.7 Å². The molecule has 1 atom stereocenters. The van der Waals surface area contributed by atoms with Crippen molar-refractivity contribution in [2.45, 2.75) is 45.1 Å². The number of rotatable bonds is 6. The maximum atomic E-state index is 12.3. The second-order valence-corrected chi connectivity index (χ2v) is 7.12. The second-order valence-electron chi connectivity index (χ2n) is 7.12. The Morgan fingerprint density at radius 1 is 1.20 bits per heavy atom. The molecule has 2 amide bonds. The zero-order chi connectivity index (χ0) is 17.5. The molecule has 5 nitrogen and oxygen atoms in total. The molecular weight excluding hydrogens is 314 g/mol. The van der Waals surface area contributed by atoms with E-state index in [1.807, 2.05) is 4.90 Å². The molecular formula is C20H31N3O2. The third kappa shape index (κ3) is 5.11. The van der Waals surface area contributed by atoms with Gasteiger partial charge in [-0.15, -0.1) is 0 Å². The van der Waals surface area contributed by atoms with Crippen LogP contribution in [0.2, 0.25) is 0 Å². The number of hydrogen-bond donors (Lipinski definition) is 1. The van der Waals surface area contributed by atoms with Crippen LogP contribution in [0.3, 0.4) is 0 Å². The average Bonchev–Trinajstić information content (AvgIpc) is 3.15. The monoisotopic (exact) mass is 345 g/mol. The Balaban J connectivity index is 1.32. The van der Waals surface area contributed by atoms with Crippen LogP contribution in [0, 0.1) is 6.92 Å². The summed E-state index contributed by atoms with van der Waals surface area (Å²) in [6, 6.07) is 8.55. The number of unbranched alkanes of at least 4 members (excludes halogenated alkanes) is 1. The number of ether oxygens (including phenoxy) is 1. The van der Waals surface area contributed by atoms with Gasteiger partial charge in [0.1, 0.15) is 0 Å². The zero-order valence-corrected chi connectivity index (χ0v) is 15.4. The number of aryl methyl sites for hydroxylation is 1. The molecule has 2 aliphatic heterocycles. The van der Waals surface area contributed by atoms with Crippen LogP contribution in [0.4, 0.5) is 10.5 Å². The Bertz CT molecular complexity index is 550. The van der Waals surface area contributed by atoms with Crippen molar-refractivity contribution in [3.05, 3.63) is 29.8 Å². The molecule has 138 valence electrons. The lowest BCUT2D eigenvalue weighted by atomic mass is 10.1. The molecule has 1 N–H and O–H groups in total. The molecule has 0 aliphatic carbocycles. The smallest absolute Gasteiger partial charge is 0.317 e. The molecule has 0 radical (unpaired) electrons. The quantitative estimate of drug-likeness (QED) is 0.806. The van der Waals surface area contributed by atoms with Crippen molar-refractivity contribution in [2.75, 3.05) is 44.2 Å². The van der Waals surface area contributed by atoms with Crippen LogP contribution in [-0.2, 0) is 4.74 Å². The Labute approximate surface area is 151 Å². The van der Waals surface area contributed by atoms with E-state index in [4.69, 9.17) is 4.74 Å². The Morgan fingerprint density at radius 2 is 2.00 bits per heavy atom. The number of carbonyl (C=O) groups is 1. The number of anilines is 1. The average molecular weight is 345 g/mol. The highest BCUT2D eigenvalue weighted by Crippen LogP contribution is 2.21. The topological polar surface area (TPSA) is 44.8 Å². The van der Waals surface area contributed by atoms with E-state index in [9.17, 15) is 4.79 Å². The van der Waals surface area contributed by atoms with E-state index in [1.54, 1.807) is 0 Å². The summed E-state index contributed by atoms with van der Waals surface area (Å²) >= 11 is 0. The lowest BCUT2D eigenvalue weighted by Crippen LogP contribution is -2.52. The zero-order valence-electron chi connectivity index (χ0n) is 15.4. The lowest BCUT2D eigenvalue weighted by molar-refractivity contribution is 0.102. The molecule has 3 rings (SSSR count). The molecule has 2 fully saturated rings. The molecule has 2 aliphatic rings. The number of nitrogens with one attached hydrogen (secondary N) is 1. The number of amides is 2. The summed E-state index contributed by atoms with van der Waals surface area (Å²) in [6.07, 6.45) is 6.17. The van der Waals surface area contributed by atoms with Gasteiger partial charge < -0.3 is 19.9 Å². The first-order valence-corrected chi connectivity index (χ1v) is 9.69. The summed E-state index contributed by atoms with van der Waals surface area (Å²) in [5, 5.41) is 3.07. The highest BCUT2D eigenvalue weighted by atomic mass is 16.5. The van der Waals surface area contributed by atoms with Crippen LogP contribution < -0.4 is 10.2 Å². The van der Waals surface area contributed by atoms with Gasteiger partial charge in [-0.3, -0.25) is 0 Å². The molecule has 2 saturated heterocycles. The van der Waals surface area contributed by atoms with Gasteiger partial charge in [0.25, 0.3) is 0 Å². The largest absolute Gasteiger partial charge is 0.378 e. The second kappa shape index (κ2) is 9.09. The van der Waals surface area contributed by atoms with E-state index >= 15 is 0 Å². The minimum atomic E-state index is 0.0848. The Kier molecular flexibility index (Phi) is 6.56. The van der Waals surface area contributed by atoms with Gasteiger partial charge in [-0.2, -0.15) is 0 Å². The fourth-order valence-corrected chi connectivity index (χ4v) is 3.74. The van der Waals surface area contributed by atoms with E-state index < -0.39 is 0 Å². The summed E-state index contributed by atoms with van der Waals surface area (Å²) in [6.45, 7) is 7.21. The van der Waals surface area contributed by atoms with Gasteiger partial charge in [-0.25, -0.2) is 4.79 Å². The van der Waals surface area contributed by atoms with Crippen molar-refractivity contribution in [1.82, 2.24) is 10.2 Å². The number of benzene rings is 1. The first kappa shape index (κ1) is 18.1. The first-order valence-electron chi connectivity index (χ1n) is 9.69. The van der Waals surface area contributed by atoms with Crippen LogP contribution in [0.5, 0.6) is 0 Å². The number of nitrogens with zero attached hydrogens (tertiary/aromatic N) is 2. The number of piperazine rings is 1. The van der Waals surface area contributed by atoms with E-state index in [2.05, 4.69) is 41.4 Å². The Hall–Kier alpha value is -1.75. The fraction of sp³-hybridized carbons (Fsp3) is 0.650. The van der Waals surface area contributed by atoms with E-state index in [-0.39, 0.29) is 6.03 Å². The Morgan fingerprint density at radius 3 is 2.72 bits per heavy atom. The predicted molar refractivity (Wildman–Crippen MR) is 101 cm³/mol. The van der Waals surface area contributed by atoms with E-state index in [1.165, 1.54) is 24.1 Å². The fourth-order valence-electron chi connectivity index (χ4n) is 3.74. The van der Waals surface area contributed by atoms with Crippen molar-refractivity contribution in [1.29, 1.82) is 0 Å². The minimum Gasteiger partial charge on any atom is -0.378 e. The van der Waals surface area contributed by atoms with Crippen molar-refractivity contribution in [2.24, 2.45) is 0 Å². The van der Waals surface area contributed by atoms with Gasteiger partial charge in [0.2, 0.25) is 0 Å². The molecule has 1 unspecified atom stereocenters. The third-order valence-electron chi connectivity index (χ3n) is 5.28. The maximum absolute atomic E-state index is 12.3. The molecule has 0 saturated carbocycles. The summed E-state index contributed by atoms with van der Waals surface area (Å²) in [5.74, 6) is 0.